The van der Waals surface area contributed by atoms with E-state index in [4.69, 9.17) is 0 Å². The molecule has 0 radical (unpaired) electrons. The van der Waals surface area contributed by atoms with Crippen molar-refractivity contribution in [3.63, 3.8) is 0 Å². The molecule has 0 aliphatic carbocycles. The molecule has 1 aromatic carbocycles. The SMILES string of the molecule is COC(=O)[C@@H](NC(=O)c1c(F)cc(Br)cc1F)C(C)C. The van der Waals surface area contributed by atoms with Crippen LogP contribution in [0.15, 0.2) is 16.6 Å². The van der Waals surface area contributed by atoms with Crippen molar-refractivity contribution in [3.05, 3.63) is 33.8 Å². The quantitative estimate of drug-likeness (QED) is 0.850. The molecule has 0 unspecified atom stereocenters. The van der Waals surface area contributed by atoms with Gasteiger partial charge in [0.15, 0.2) is 0 Å². The summed E-state index contributed by atoms with van der Waals surface area (Å²) < 4.78 is 32.0. The molecule has 1 rings (SSSR count). The van der Waals surface area contributed by atoms with Crippen LogP contribution in [0.25, 0.3) is 0 Å². The number of benzene rings is 1. The van der Waals surface area contributed by atoms with Crippen molar-refractivity contribution in [1.82, 2.24) is 5.32 Å². The summed E-state index contributed by atoms with van der Waals surface area (Å²) in [6.45, 7) is 3.35. The summed E-state index contributed by atoms with van der Waals surface area (Å²) in [6.07, 6.45) is 0. The number of rotatable bonds is 4. The van der Waals surface area contributed by atoms with Crippen molar-refractivity contribution in [2.75, 3.05) is 7.11 Å². The van der Waals surface area contributed by atoms with Gasteiger partial charge in [0, 0.05) is 4.47 Å². The minimum atomic E-state index is -1.01. The minimum Gasteiger partial charge on any atom is -0.467 e. The molecule has 0 aliphatic rings. The molecule has 0 fully saturated rings. The van der Waals surface area contributed by atoms with Gasteiger partial charge in [-0.05, 0) is 18.1 Å². The van der Waals surface area contributed by atoms with Crippen LogP contribution in [0.1, 0.15) is 24.2 Å². The summed E-state index contributed by atoms with van der Waals surface area (Å²) >= 11 is 2.92. The number of halogens is 3. The predicted octanol–water partition coefficient (Wildman–Crippen LogP) is 2.65. The van der Waals surface area contributed by atoms with Gasteiger partial charge in [-0.1, -0.05) is 29.8 Å². The van der Waals surface area contributed by atoms with Crippen LogP contribution in [0.4, 0.5) is 8.78 Å². The summed E-state index contributed by atoms with van der Waals surface area (Å²) in [4.78, 5) is 23.4. The predicted molar refractivity (Wildman–Crippen MR) is 72.2 cm³/mol. The van der Waals surface area contributed by atoms with Gasteiger partial charge in [0.1, 0.15) is 23.2 Å². The monoisotopic (exact) mass is 349 g/mol. The Morgan fingerprint density at radius 1 is 1.25 bits per heavy atom. The van der Waals surface area contributed by atoms with E-state index in [-0.39, 0.29) is 10.4 Å². The number of hydrogen-bond donors (Lipinski definition) is 1. The molecular formula is C13H14BrF2NO3. The van der Waals surface area contributed by atoms with Crippen molar-refractivity contribution in [2.24, 2.45) is 5.92 Å². The highest BCUT2D eigenvalue weighted by molar-refractivity contribution is 9.10. The number of carbonyl (C=O) groups excluding carboxylic acids is 2. The van der Waals surface area contributed by atoms with Gasteiger partial charge in [-0.3, -0.25) is 4.79 Å². The molecule has 1 atom stereocenters. The number of ether oxygens (including phenoxy) is 1. The lowest BCUT2D eigenvalue weighted by Gasteiger charge is -2.20. The van der Waals surface area contributed by atoms with Gasteiger partial charge in [-0.15, -0.1) is 0 Å². The van der Waals surface area contributed by atoms with E-state index >= 15 is 0 Å². The molecule has 20 heavy (non-hydrogen) atoms. The second-order valence-corrected chi connectivity index (χ2v) is 5.38. The second-order valence-electron chi connectivity index (χ2n) is 4.46. The van der Waals surface area contributed by atoms with Crippen LogP contribution in [0, 0.1) is 17.6 Å². The summed E-state index contributed by atoms with van der Waals surface area (Å²) in [5.74, 6) is -3.99. The van der Waals surface area contributed by atoms with Crippen LogP contribution >= 0.6 is 15.9 Å². The lowest BCUT2D eigenvalue weighted by atomic mass is 10.0. The number of carbonyl (C=O) groups is 2. The van der Waals surface area contributed by atoms with Crippen molar-refractivity contribution in [3.8, 4) is 0 Å². The molecule has 1 amide bonds. The average Bonchev–Trinajstić information content (AvgIpc) is 2.33. The third-order valence-corrected chi connectivity index (χ3v) is 3.10. The van der Waals surface area contributed by atoms with E-state index in [9.17, 15) is 18.4 Å². The molecule has 0 saturated heterocycles. The van der Waals surface area contributed by atoms with E-state index in [1.807, 2.05) is 0 Å². The average molecular weight is 350 g/mol. The number of hydrogen-bond acceptors (Lipinski definition) is 3. The minimum absolute atomic E-state index is 0.178. The maximum Gasteiger partial charge on any atom is 0.328 e. The van der Waals surface area contributed by atoms with Crippen molar-refractivity contribution in [2.45, 2.75) is 19.9 Å². The molecule has 110 valence electrons. The molecule has 1 N–H and O–H groups in total. The van der Waals surface area contributed by atoms with Gasteiger partial charge in [-0.25, -0.2) is 13.6 Å². The van der Waals surface area contributed by atoms with Gasteiger partial charge in [0.2, 0.25) is 0 Å². The third-order valence-electron chi connectivity index (χ3n) is 2.64. The van der Waals surface area contributed by atoms with Crippen LogP contribution in [-0.2, 0) is 9.53 Å². The summed E-state index contributed by atoms with van der Waals surface area (Å²) in [5, 5.41) is 2.28. The first-order valence-corrected chi connectivity index (χ1v) is 6.60. The Morgan fingerprint density at radius 2 is 1.75 bits per heavy atom. The van der Waals surface area contributed by atoms with E-state index in [1.165, 1.54) is 7.11 Å². The second kappa shape index (κ2) is 6.78. The number of nitrogens with one attached hydrogen (secondary N) is 1. The first-order chi connectivity index (χ1) is 9.27. The fraction of sp³-hybridized carbons (Fsp3) is 0.385. The smallest absolute Gasteiger partial charge is 0.328 e. The zero-order valence-corrected chi connectivity index (χ0v) is 12.8. The molecule has 0 saturated carbocycles. The third kappa shape index (κ3) is 3.75. The highest BCUT2D eigenvalue weighted by Crippen LogP contribution is 2.19. The number of esters is 1. The standard InChI is InChI=1S/C13H14BrF2NO3/c1-6(2)11(13(19)20-3)17-12(18)10-8(15)4-7(14)5-9(10)16/h4-6,11H,1-3H3,(H,17,18)/t11-/m0/s1. The Balaban J connectivity index is 3.04. The molecule has 4 nitrogen and oxygen atoms in total. The lowest BCUT2D eigenvalue weighted by Crippen LogP contribution is -2.45. The number of methoxy groups -OCH3 is 1. The van der Waals surface area contributed by atoms with Gasteiger partial charge in [0.25, 0.3) is 5.91 Å². The van der Waals surface area contributed by atoms with Crippen LogP contribution in [-0.4, -0.2) is 25.0 Å². The van der Waals surface area contributed by atoms with Gasteiger partial charge < -0.3 is 10.1 Å². The summed E-state index contributed by atoms with van der Waals surface area (Å²) in [5.41, 5.74) is -0.734. The van der Waals surface area contributed by atoms with E-state index < -0.39 is 35.1 Å². The van der Waals surface area contributed by atoms with Crippen LogP contribution in [0.2, 0.25) is 0 Å². The van der Waals surface area contributed by atoms with Crippen LogP contribution < -0.4 is 5.32 Å². The lowest BCUT2D eigenvalue weighted by molar-refractivity contribution is -0.144. The zero-order chi connectivity index (χ0) is 15.4. The topological polar surface area (TPSA) is 55.4 Å². The van der Waals surface area contributed by atoms with Gasteiger partial charge in [-0.2, -0.15) is 0 Å². The van der Waals surface area contributed by atoms with Crippen molar-refractivity contribution >= 4 is 27.8 Å². The van der Waals surface area contributed by atoms with E-state index in [0.29, 0.717) is 0 Å². The fourth-order valence-electron chi connectivity index (χ4n) is 1.60. The van der Waals surface area contributed by atoms with Crippen molar-refractivity contribution < 1.29 is 23.1 Å². The maximum absolute atomic E-state index is 13.6. The molecule has 0 aliphatic heterocycles. The Hall–Kier alpha value is -1.50. The van der Waals surface area contributed by atoms with Crippen LogP contribution in [0.5, 0.6) is 0 Å². The van der Waals surface area contributed by atoms with E-state index in [0.717, 1.165) is 12.1 Å². The first-order valence-electron chi connectivity index (χ1n) is 5.81. The summed E-state index contributed by atoms with van der Waals surface area (Å²) in [6, 6.07) is 0.969. The Kier molecular flexibility index (Phi) is 5.62. The van der Waals surface area contributed by atoms with Gasteiger partial charge in [0.05, 0.1) is 7.11 Å². The molecule has 0 aromatic heterocycles. The molecule has 7 heteroatoms. The summed E-state index contributed by atoms with van der Waals surface area (Å²) in [7, 11) is 1.17. The first kappa shape index (κ1) is 16.6. The number of amides is 1. The van der Waals surface area contributed by atoms with Crippen LogP contribution in [0.3, 0.4) is 0 Å². The Morgan fingerprint density at radius 3 is 2.15 bits per heavy atom. The Labute approximate surface area is 123 Å². The largest absolute Gasteiger partial charge is 0.467 e. The highest BCUT2D eigenvalue weighted by Gasteiger charge is 2.28. The Bertz CT molecular complexity index is 511. The fourth-order valence-corrected chi connectivity index (χ4v) is 2.00. The molecule has 1 aromatic rings. The maximum atomic E-state index is 13.6. The molecular weight excluding hydrogens is 336 g/mol. The molecule has 0 bridgehead atoms. The molecule has 0 heterocycles. The normalized spacial score (nSPS) is 12.2. The van der Waals surface area contributed by atoms with Gasteiger partial charge >= 0.3 is 5.97 Å². The zero-order valence-electron chi connectivity index (χ0n) is 11.2. The van der Waals surface area contributed by atoms with E-state index in [1.54, 1.807) is 13.8 Å². The highest BCUT2D eigenvalue weighted by atomic mass is 79.9. The van der Waals surface area contributed by atoms with Crippen molar-refractivity contribution in [1.29, 1.82) is 0 Å². The van der Waals surface area contributed by atoms with E-state index in [2.05, 4.69) is 26.0 Å². The molecule has 0 spiro atoms.